The van der Waals surface area contributed by atoms with Crippen LogP contribution < -0.4 is 5.32 Å². The van der Waals surface area contributed by atoms with Crippen molar-refractivity contribution in [3.63, 3.8) is 0 Å². The Morgan fingerprint density at radius 1 is 1.62 bits per heavy atom. The van der Waals surface area contributed by atoms with Gasteiger partial charge in [-0.1, -0.05) is 13.8 Å². The van der Waals surface area contributed by atoms with Gasteiger partial charge in [-0.15, -0.1) is 0 Å². The molecule has 90 valence electrons. The molecular weight excluding hydrogens is 218 g/mol. The average molecular weight is 239 g/mol. The predicted molar refractivity (Wildman–Crippen MR) is 69.8 cm³/mol. The van der Waals surface area contributed by atoms with Crippen LogP contribution in [0.1, 0.15) is 26.1 Å². The quantitative estimate of drug-likeness (QED) is 0.845. The lowest BCUT2D eigenvalue weighted by molar-refractivity contribution is 0.319. The highest BCUT2D eigenvalue weighted by molar-refractivity contribution is 7.99. The number of hydrogen-bond acceptors (Lipinski definition) is 3. The molecule has 0 radical (unpaired) electrons. The zero-order valence-electron chi connectivity index (χ0n) is 10.1. The van der Waals surface area contributed by atoms with Crippen LogP contribution in [0.5, 0.6) is 0 Å². The van der Waals surface area contributed by atoms with Crippen molar-refractivity contribution in [3.8, 4) is 0 Å². The minimum absolute atomic E-state index is 0.491. The van der Waals surface area contributed by atoms with Gasteiger partial charge in [0.25, 0.3) is 0 Å². The molecule has 1 fully saturated rings. The summed E-state index contributed by atoms with van der Waals surface area (Å²) in [6, 6.07) is 0.670. The summed E-state index contributed by atoms with van der Waals surface area (Å²) >= 11 is 2.07. The topological polar surface area (TPSA) is 40.7 Å². The lowest BCUT2D eigenvalue weighted by Gasteiger charge is -2.35. The molecule has 1 aromatic heterocycles. The fraction of sp³-hybridized carbons (Fsp3) is 0.750. The number of nitrogens with zero attached hydrogens (tertiary/aromatic N) is 1. The Hall–Kier alpha value is -0.480. The molecule has 0 spiro atoms. The summed E-state index contributed by atoms with van der Waals surface area (Å²) in [7, 11) is 0. The Labute approximate surface area is 102 Å². The van der Waals surface area contributed by atoms with Crippen molar-refractivity contribution in [2.75, 3.05) is 18.1 Å². The van der Waals surface area contributed by atoms with E-state index >= 15 is 0 Å². The smallest absolute Gasteiger partial charge is 0.107 e. The Bertz CT molecular complexity index is 308. The molecule has 4 heteroatoms. The Balaban J connectivity index is 1.70. The first-order valence-corrected chi connectivity index (χ1v) is 7.11. The minimum atomic E-state index is 0.491. The first kappa shape index (κ1) is 12.0. The largest absolute Gasteiger partial charge is 0.349 e. The minimum Gasteiger partial charge on any atom is -0.349 e. The van der Waals surface area contributed by atoms with Gasteiger partial charge in [0.2, 0.25) is 0 Å². The van der Waals surface area contributed by atoms with Crippen LogP contribution >= 0.6 is 11.8 Å². The van der Waals surface area contributed by atoms with E-state index in [1.165, 1.54) is 17.9 Å². The number of thioether (sulfide) groups is 1. The molecular formula is C12H21N3S. The molecule has 1 saturated heterocycles. The maximum Gasteiger partial charge on any atom is 0.107 e. The summed E-state index contributed by atoms with van der Waals surface area (Å²) in [4.78, 5) is 7.36. The standard InChI is InChI=1S/C12H21N3S/c1-12(2)7-10(8-16-9-12)13-4-3-11-14-5-6-15-11/h5-6,10,13H,3-4,7-9H2,1-2H3,(H,14,15). The number of rotatable bonds is 4. The van der Waals surface area contributed by atoms with Gasteiger partial charge in [0.15, 0.2) is 0 Å². The molecule has 2 N–H and O–H groups in total. The van der Waals surface area contributed by atoms with Gasteiger partial charge in [0.05, 0.1) is 0 Å². The van der Waals surface area contributed by atoms with Crippen LogP contribution in [0, 0.1) is 5.41 Å². The third-order valence-corrected chi connectivity index (χ3v) is 4.58. The molecule has 0 aliphatic carbocycles. The van der Waals surface area contributed by atoms with Gasteiger partial charge in [-0.2, -0.15) is 11.8 Å². The van der Waals surface area contributed by atoms with E-state index < -0.39 is 0 Å². The normalized spacial score (nSPS) is 24.5. The average Bonchev–Trinajstić information content (AvgIpc) is 2.69. The molecule has 0 saturated carbocycles. The van der Waals surface area contributed by atoms with Gasteiger partial charge >= 0.3 is 0 Å². The van der Waals surface area contributed by atoms with Crippen LogP contribution in [0.3, 0.4) is 0 Å². The number of H-pyrrole nitrogens is 1. The first-order valence-electron chi connectivity index (χ1n) is 5.95. The number of hydrogen-bond donors (Lipinski definition) is 2. The highest BCUT2D eigenvalue weighted by atomic mass is 32.2. The molecule has 0 bridgehead atoms. The Morgan fingerprint density at radius 2 is 2.50 bits per heavy atom. The van der Waals surface area contributed by atoms with Crippen molar-refractivity contribution in [3.05, 3.63) is 18.2 Å². The lowest BCUT2D eigenvalue weighted by Crippen LogP contribution is -2.41. The van der Waals surface area contributed by atoms with Crippen LogP contribution in [-0.2, 0) is 6.42 Å². The van der Waals surface area contributed by atoms with Gasteiger partial charge in [-0.3, -0.25) is 0 Å². The molecule has 1 unspecified atom stereocenters. The molecule has 1 aromatic rings. The van der Waals surface area contributed by atoms with Crippen molar-refractivity contribution in [2.24, 2.45) is 5.41 Å². The highest BCUT2D eigenvalue weighted by Crippen LogP contribution is 2.33. The van der Waals surface area contributed by atoms with Crippen LogP contribution in [0.25, 0.3) is 0 Å². The van der Waals surface area contributed by atoms with E-state index in [4.69, 9.17) is 0 Å². The maximum absolute atomic E-state index is 4.23. The number of imidazole rings is 1. The fourth-order valence-corrected chi connectivity index (χ4v) is 3.53. The van der Waals surface area contributed by atoms with Crippen molar-refractivity contribution in [1.82, 2.24) is 15.3 Å². The van der Waals surface area contributed by atoms with Crippen LogP contribution in [0.2, 0.25) is 0 Å². The summed E-state index contributed by atoms with van der Waals surface area (Å²) in [6.07, 6.45) is 5.98. The monoisotopic (exact) mass is 239 g/mol. The van der Waals surface area contributed by atoms with Crippen LogP contribution in [0.15, 0.2) is 12.4 Å². The summed E-state index contributed by atoms with van der Waals surface area (Å²) in [5, 5.41) is 3.63. The highest BCUT2D eigenvalue weighted by Gasteiger charge is 2.27. The van der Waals surface area contributed by atoms with Crippen LogP contribution in [-0.4, -0.2) is 34.1 Å². The molecule has 0 amide bonds. The van der Waals surface area contributed by atoms with E-state index in [0.29, 0.717) is 11.5 Å². The number of aromatic nitrogens is 2. The molecule has 1 aliphatic rings. The third-order valence-electron chi connectivity index (χ3n) is 2.96. The second kappa shape index (κ2) is 5.23. The van der Waals surface area contributed by atoms with E-state index in [2.05, 4.69) is 40.9 Å². The van der Waals surface area contributed by atoms with Crippen molar-refractivity contribution in [1.29, 1.82) is 0 Å². The van der Waals surface area contributed by atoms with E-state index in [0.717, 1.165) is 18.8 Å². The Kier molecular flexibility index (Phi) is 3.92. The van der Waals surface area contributed by atoms with E-state index in [9.17, 15) is 0 Å². The fourth-order valence-electron chi connectivity index (χ4n) is 2.22. The van der Waals surface area contributed by atoms with Gasteiger partial charge < -0.3 is 10.3 Å². The molecule has 0 aromatic carbocycles. The van der Waals surface area contributed by atoms with Gasteiger partial charge in [-0.05, 0) is 17.6 Å². The molecule has 3 nitrogen and oxygen atoms in total. The molecule has 2 rings (SSSR count). The van der Waals surface area contributed by atoms with Gasteiger partial charge in [0.1, 0.15) is 5.82 Å². The molecule has 1 atom stereocenters. The third kappa shape index (κ3) is 3.52. The molecule has 1 aliphatic heterocycles. The zero-order valence-corrected chi connectivity index (χ0v) is 10.9. The summed E-state index contributed by atoms with van der Waals surface area (Å²) in [6.45, 7) is 5.75. The maximum atomic E-state index is 4.23. The summed E-state index contributed by atoms with van der Waals surface area (Å²) in [5.74, 6) is 3.63. The molecule has 16 heavy (non-hydrogen) atoms. The number of nitrogens with one attached hydrogen (secondary N) is 2. The zero-order chi connectivity index (χ0) is 11.4. The van der Waals surface area contributed by atoms with Gasteiger partial charge in [-0.25, -0.2) is 4.98 Å². The Morgan fingerprint density at radius 3 is 3.19 bits per heavy atom. The second-order valence-electron chi connectivity index (χ2n) is 5.32. The predicted octanol–water partition coefficient (Wildman–Crippen LogP) is 2.07. The summed E-state index contributed by atoms with van der Waals surface area (Å²) in [5.41, 5.74) is 0.491. The van der Waals surface area contributed by atoms with Gasteiger partial charge in [0, 0.05) is 37.2 Å². The van der Waals surface area contributed by atoms with Crippen molar-refractivity contribution >= 4 is 11.8 Å². The lowest BCUT2D eigenvalue weighted by atomic mass is 9.88. The SMILES string of the molecule is CC1(C)CSCC(NCCc2ncc[nH]2)C1. The number of aromatic amines is 1. The molecule has 2 heterocycles. The van der Waals surface area contributed by atoms with Crippen LogP contribution in [0.4, 0.5) is 0 Å². The van der Waals surface area contributed by atoms with Crippen molar-refractivity contribution < 1.29 is 0 Å². The van der Waals surface area contributed by atoms with E-state index in [1.807, 2.05) is 12.4 Å². The summed E-state index contributed by atoms with van der Waals surface area (Å²) < 4.78 is 0. The van der Waals surface area contributed by atoms with E-state index in [1.54, 1.807) is 0 Å². The first-order chi connectivity index (χ1) is 7.66. The van der Waals surface area contributed by atoms with E-state index in [-0.39, 0.29) is 0 Å². The van der Waals surface area contributed by atoms with Crippen molar-refractivity contribution in [2.45, 2.75) is 32.7 Å². The second-order valence-corrected chi connectivity index (χ2v) is 6.35.